The molecule has 3 aromatic rings. The lowest BCUT2D eigenvalue weighted by Crippen LogP contribution is -2.20. The summed E-state index contributed by atoms with van der Waals surface area (Å²) in [7, 11) is 0. The lowest BCUT2D eigenvalue weighted by Gasteiger charge is -2.14. The van der Waals surface area contributed by atoms with Gasteiger partial charge in [-0.15, -0.1) is 0 Å². The number of benzene rings is 2. The number of non-ortho nitro benzene ring substituents is 1. The third kappa shape index (κ3) is 2.59. The van der Waals surface area contributed by atoms with Gasteiger partial charge in [-0.2, -0.15) is 0 Å². The number of nitrogens with zero attached hydrogens (tertiary/aromatic N) is 2. The minimum Gasteiger partial charge on any atom is -0.279 e. The molecule has 0 amide bonds. The van der Waals surface area contributed by atoms with Gasteiger partial charge in [0.05, 0.1) is 16.0 Å². The molecule has 0 aliphatic heterocycles. The molecule has 0 spiro atoms. The van der Waals surface area contributed by atoms with Gasteiger partial charge in [0.2, 0.25) is 0 Å². The number of aromatic nitrogens is 1. The molecule has 0 bridgehead atoms. The van der Waals surface area contributed by atoms with E-state index in [1.54, 1.807) is 18.3 Å². The third-order valence-electron chi connectivity index (χ3n) is 4.43. The summed E-state index contributed by atoms with van der Waals surface area (Å²) in [5, 5.41) is 12.0. The van der Waals surface area contributed by atoms with Crippen molar-refractivity contribution in [3.8, 4) is 5.69 Å². The number of pyridine rings is 1. The van der Waals surface area contributed by atoms with Gasteiger partial charge in [-0.05, 0) is 35.8 Å². The number of rotatable bonds is 3. The Hall–Kier alpha value is -2.73. The fraction of sp³-hybridized carbons (Fsp3) is 0.167. The Morgan fingerprint density at radius 1 is 1.20 bits per heavy atom. The summed E-state index contributed by atoms with van der Waals surface area (Å²) in [6, 6.07) is 9.01. The van der Waals surface area contributed by atoms with Crippen molar-refractivity contribution in [2.45, 2.75) is 18.8 Å². The average Bonchev–Trinajstić information content (AvgIpc) is 3.41. The van der Waals surface area contributed by atoms with Crippen LogP contribution in [0.2, 0.25) is 5.02 Å². The summed E-state index contributed by atoms with van der Waals surface area (Å²) in [4.78, 5) is 23.0. The van der Waals surface area contributed by atoms with E-state index in [1.165, 1.54) is 0 Å². The minimum absolute atomic E-state index is 0.162. The molecule has 1 aliphatic rings. The topological polar surface area (TPSA) is 65.1 Å². The van der Waals surface area contributed by atoms with Crippen LogP contribution in [0, 0.1) is 15.9 Å². The van der Waals surface area contributed by atoms with Crippen LogP contribution in [0.3, 0.4) is 0 Å². The zero-order valence-corrected chi connectivity index (χ0v) is 13.7. The Kier molecular flexibility index (Phi) is 3.58. The Balaban J connectivity index is 2.04. The maximum atomic E-state index is 14.5. The second-order valence-corrected chi connectivity index (χ2v) is 6.50. The van der Waals surface area contributed by atoms with Crippen LogP contribution in [-0.2, 0) is 0 Å². The van der Waals surface area contributed by atoms with Gasteiger partial charge in [0, 0.05) is 17.6 Å². The maximum absolute atomic E-state index is 14.5. The zero-order valence-electron chi connectivity index (χ0n) is 12.9. The monoisotopic (exact) mass is 358 g/mol. The van der Waals surface area contributed by atoms with Gasteiger partial charge in [-0.25, -0.2) is 4.39 Å². The van der Waals surface area contributed by atoms with Crippen LogP contribution in [0.4, 0.5) is 10.1 Å². The van der Waals surface area contributed by atoms with Crippen molar-refractivity contribution < 1.29 is 9.31 Å². The number of nitro benzene ring substituents is 1. The van der Waals surface area contributed by atoms with Crippen LogP contribution in [0.1, 0.15) is 24.3 Å². The molecule has 1 saturated carbocycles. The number of hydrogen-bond acceptors (Lipinski definition) is 3. The molecule has 1 aliphatic carbocycles. The SMILES string of the molecule is O=c1c2ccccc2c(C2CC2)cn1-c1c(F)cc([N+](=O)[O-])cc1Cl. The molecule has 1 aromatic heterocycles. The molecule has 0 atom stereocenters. The van der Waals surface area contributed by atoms with Crippen molar-refractivity contribution in [1.29, 1.82) is 0 Å². The molecule has 25 heavy (non-hydrogen) atoms. The van der Waals surface area contributed by atoms with E-state index in [0.717, 1.165) is 40.5 Å². The van der Waals surface area contributed by atoms with E-state index in [4.69, 9.17) is 11.6 Å². The van der Waals surface area contributed by atoms with Gasteiger partial charge >= 0.3 is 0 Å². The molecule has 0 N–H and O–H groups in total. The first-order valence-electron chi connectivity index (χ1n) is 7.75. The Morgan fingerprint density at radius 3 is 2.48 bits per heavy atom. The maximum Gasteiger partial charge on any atom is 0.274 e. The fourth-order valence-electron chi connectivity index (χ4n) is 3.09. The van der Waals surface area contributed by atoms with Gasteiger partial charge in [-0.1, -0.05) is 29.8 Å². The average molecular weight is 359 g/mol. The molecule has 126 valence electrons. The van der Waals surface area contributed by atoms with Gasteiger partial charge in [0.25, 0.3) is 11.2 Å². The molecule has 0 radical (unpaired) electrons. The molecule has 0 saturated heterocycles. The molecule has 7 heteroatoms. The highest BCUT2D eigenvalue weighted by molar-refractivity contribution is 6.32. The van der Waals surface area contributed by atoms with E-state index in [-0.39, 0.29) is 10.7 Å². The van der Waals surface area contributed by atoms with Gasteiger partial charge < -0.3 is 0 Å². The fourth-order valence-corrected chi connectivity index (χ4v) is 3.38. The first-order valence-corrected chi connectivity index (χ1v) is 8.13. The lowest BCUT2D eigenvalue weighted by atomic mass is 10.0. The zero-order chi connectivity index (χ0) is 17.7. The minimum atomic E-state index is -0.904. The Bertz CT molecular complexity index is 1070. The highest BCUT2D eigenvalue weighted by atomic mass is 35.5. The summed E-state index contributed by atoms with van der Waals surface area (Å²) >= 11 is 6.08. The molecule has 0 unspecified atom stereocenters. The Labute approximate surface area is 146 Å². The number of hydrogen-bond donors (Lipinski definition) is 0. The molecular formula is C18H12ClFN2O3. The lowest BCUT2D eigenvalue weighted by molar-refractivity contribution is -0.385. The van der Waals surface area contributed by atoms with Gasteiger partial charge in [0.1, 0.15) is 5.69 Å². The highest BCUT2D eigenvalue weighted by Crippen LogP contribution is 2.43. The predicted molar refractivity (Wildman–Crippen MR) is 93.1 cm³/mol. The standard InChI is InChI=1S/C18H12ClFN2O3/c19-15-7-11(22(24)25)8-16(20)17(15)21-9-14(10-5-6-10)12-3-1-2-4-13(12)18(21)23/h1-4,7-10H,5-6H2. The summed E-state index contributed by atoms with van der Waals surface area (Å²) in [6.45, 7) is 0. The van der Waals surface area contributed by atoms with Gasteiger partial charge in [0.15, 0.2) is 5.82 Å². The van der Waals surface area contributed by atoms with Crippen LogP contribution < -0.4 is 5.56 Å². The van der Waals surface area contributed by atoms with E-state index in [2.05, 4.69) is 0 Å². The summed E-state index contributed by atoms with van der Waals surface area (Å²) in [5.41, 5.74) is -0.0638. The van der Waals surface area contributed by atoms with E-state index in [0.29, 0.717) is 11.3 Å². The predicted octanol–water partition coefficient (Wildman–Crippen LogP) is 4.57. The summed E-state index contributed by atoms with van der Waals surface area (Å²) < 4.78 is 15.7. The van der Waals surface area contributed by atoms with E-state index < -0.39 is 22.0 Å². The van der Waals surface area contributed by atoms with E-state index >= 15 is 0 Å². The normalized spacial score (nSPS) is 14.0. The van der Waals surface area contributed by atoms with Crippen LogP contribution in [0.5, 0.6) is 0 Å². The van der Waals surface area contributed by atoms with Crippen molar-refractivity contribution in [3.63, 3.8) is 0 Å². The van der Waals surface area contributed by atoms with Crippen molar-refractivity contribution in [2.75, 3.05) is 0 Å². The van der Waals surface area contributed by atoms with Crippen molar-refractivity contribution >= 4 is 28.1 Å². The van der Waals surface area contributed by atoms with E-state index in [1.807, 2.05) is 12.1 Å². The second-order valence-electron chi connectivity index (χ2n) is 6.09. The molecule has 1 heterocycles. The number of halogens is 2. The van der Waals surface area contributed by atoms with Crippen LogP contribution >= 0.6 is 11.6 Å². The van der Waals surface area contributed by atoms with Crippen LogP contribution in [0.25, 0.3) is 16.5 Å². The second kappa shape index (κ2) is 5.67. The van der Waals surface area contributed by atoms with Gasteiger partial charge in [-0.3, -0.25) is 19.5 Å². The molecule has 4 rings (SSSR count). The molecular weight excluding hydrogens is 347 g/mol. The molecule has 1 fully saturated rings. The smallest absolute Gasteiger partial charge is 0.274 e. The summed E-state index contributed by atoms with van der Waals surface area (Å²) in [5.74, 6) is -0.574. The number of fused-ring (bicyclic) bond motifs is 1. The highest BCUT2D eigenvalue weighted by Gasteiger charge is 2.28. The van der Waals surface area contributed by atoms with Crippen molar-refractivity contribution in [3.05, 3.63) is 79.5 Å². The van der Waals surface area contributed by atoms with E-state index in [9.17, 15) is 19.3 Å². The largest absolute Gasteiger partial charge is 0.279 e. The third-order valence-corrected chi connectivity index (χ3v) is 4.71. The van der Waals surface area contributed by atoms with Crippen molar-refractivity contribution in [1.82, 2.24) is 4.57 Å². The summed E-state index contributed by atoms with van der Waals surface area (Å²) in [6.07, 6.45) is 3.63. The quantitative estimate of drug-likeness (QED) is 0.509. The van der Waals surface area contributed by atoms with Crippen molar-refractivity contribution in [2.24, 2.45) is 0 Å². The van der Waals surface area contributed by atoms with Crippen LogP contribution in [-0.4, -0.2) is 9.49 Å². The molecule has 5 nitrogen and oxygen atoms in total. The Morgan fingerprint density at radius 2 is 1.88 bits per heavy atom. The first-order chi connectivity index (χ1) is 12.0. The van der Waals surface area contributed by atoms with Crippen LogP contribution in [0.15, 0.2) is 47.4 Å². The molecule has 2 aromatic carbocycles. The first kappa shape index (κ1) is 15.8. The number of nitro groups is 1.